The fraction of sp³-hybridized carbons (Fsp3) is 0.391. The van der Waals surface area contributed by atoms with Crippen molar-refractivity contribution in [2.45, 2.75) is 62.5 Å². The number of amides is 2. The van der Waals surface area contributed by atoms with E-state index in [-0.39, 0.29) is 12.3 Å². The summed E-state index contributed by atoms with van der Waals surface area (Å²) in [6.07, 6.45) is 3.10. The summed E-state index contributed by atoms with van der Waals surface area (Å²) in [5.74, 6) is 2.25. The molecule has 1 aromatic carbocycles. The average Bonchev–Trinajstić information content (AvgIpc) is 3.34. The van der Waals surface area contributed by atoms with Gasteiger partial charge >= 0.3 is 6.09 Å². The largest absolute Gasteiger partial charge is 0.445 e. The van der Waals surface area contributed by atoms with Gasteiger partial charge in [-0.25, -0.2) is 14.8 Å². The molecule has 10 heteroatoms. The molecule has 0 fully saturated rings. The predicted molar refractivity (Wildman–Crippen MR) is 131 cm³/mol. The molecule has 0 aliphatic carbocycles. The Morgan fingerprint density at radius 1 is 1.18 bits per heavy atom. The van der Waals surface area contributed by atoms with Crippen molar-refractivity contribution in [3.63, 3.8) is 0 Å². The van der Waals surface area contributed by atoms with Gasteiger partial charge in [-0.1, -0.05) is 37.3 Å². The number of rotatable bonds is 8. The summed E-state index contributed by atoms with van der Waals surface area (Å²) in [5, 5.41) is 6.03. The Morgan fingerprint density at radius 2 is 1.97 bits per heavy atom. The smallest absolute Gasteiger partial charge is 0.412 e. The highest BCUT2D eigenvalue weighted by Gasteiger charge is 2.16. The molecule has 2 N–H and O–H groups in total. The van der Waals surface area contributed by atoms with Crippen LogP contribution in [0.2, 0.25) is 0 Å². The van der Waals surface area contributed by atoms with Gasteiger partial charge in [0.2, 0.25) is 11.8 Å². The first-order chi connectivity index (χ1) is 15.6. The molecule has 0 radical (unpaired) electrons. The van der Waals surface area contributed by atoms with E-state index >= 15 is 0 Å². The van der Waals surface area contributed by atoms with E-state index in [2.05, 4.69) is 34.4 Å². The monoisotopic (exact) mass is 488 g/mol. The summed E-state index contributed by atoms with van der Waals surface area (Å²) in [7, 11) is 0. The van der Waals surface area contributed by atoms with Gasteiger partial charge < -0.3 is 14.5 Å². The lowest BCUT2D eigenvalue weighted by Gasteiger charge is -2.19. The third-order valence-corrected chi connectivity index (χ3v) is 6.24. The van der Waals surface area contributed by atoms with Crippen LogP contribution in [0.1, 0.15) is 57.8 Å². The highest BCUT2D eigenvalue weighted by atomic mass is 32.2. The van der Waals surface area contributed by atoms with Crippen molar-refractivity contribution in [3.8, 4) is 0 Å². The molecule has 0 bridgehead atoms. The summed E-state index contributed by atoms with van der Waals surface area (Å²) >= 11 is 2.96. The van der Waals surface area contributed by atoms with Gasteiger partial charge in [0.25, 0.3) is 0 Å². The Hall–Kier alpha value is -2.85. The number of carbonyl (C=O) groups excluding carboxylic acids is 2. The van der Waals surface area contributed by atoms with Crippen molar-refractivity contribution in [2.75, 3.05) is 10.6 Å². The van der Waals surface area contributed by atoms with Crippen LogP contribution in [0.5, 0.6) is 0 Å². The number of aromatic nitrogens is 2. The molecule has 0 unspecified atom stereocenters. The molecule has 33 heavy (non-hydrogen) atoms. The maximum absolute atomic E-state index is 12.5. The Morgan fingerprint density at radius 3 is 2.67 bits per heavy atom. The lowest BCUT2D eigenvalue weighted by atomic mass is 10.1. The molecule has 0 atom stereocenters. The second-order valence-corrected chi connectivity index (χ2v) is 10.9. The minimum absolute atomic E-state index is 0.153. The predicted octanol–water partition coefficient (Wildman–Crippen LogP) is 6.08. The van der Waals surface area contributed by atoms with Crippen molar-refractivity contribution < 1.29 is 18.7 Å². The Bertz CT molecular complexity index is 1100. The minimum atomic E-state index is -0.585. The summed E-state index contributed by atoms with van der Waals surface area (Å²) in [4.78, 5) is 33.0. The van der Waals surface area contributed by atoms with Gasteiger partial charge in [-0.05, 0) is 38.5 Å². The van der Waals surface area contributed by atoms with Crippen molar-refractivity contribution in [2.24, 2.45) is 0 Å². The molecule has 0 aliphatic rings. The van der Waals surface area contributed by atoms with Crippen molar-refractivity contribution in [3.05, 3.63) is 53.9 Å². The van der Waals surface area contributed by atoms with Gasteiger partial charge in [-0.2, -0.15) is 0 Å². The van der Waals surface area contributed by atoms with Crippen LogP contribution in [-0.2, 0) is 21.7 Å². The molecule has 2 heterocycles. The number of hydrogen-bond acceptors (Lipinski definition) is 8. The van der Waals surface area contributed by atoms with E-state index in [0.717, 1.165) is 15.5 Å². The third-order valence-electron chi connectivity index (χ3n) is 4.15. The Balaban J connectivity index is 1.50. The maximum Gasteiger partial charge on any atom is 0.412 e. The molecule has 0 saturated carbocycles. The van der Waals surface area contributed by atoms with Crippen LogP contribution in [0.3, 0.4) is 0 Å². The first-order valence-corrected chi connectivity index (χ1v) is 12.3. The number of benzene rings is 1. The number of nitrogens with one attached hydrogen (secondary N) is 2. The molecular weight excluding hydrogens is 460 g/mol. The first-order valence-electron chi connectivity index (χ1n) is 10.5. The van der Waals surface area contributed by atoms with Crippen molar-refractivity contribution in [1.82, 2.24) is 9.97 Å². The van der Waals surface area contributed by atoms with Gasteiger partial charge in [0.1, 0.15) is 11.4 Å². The molecule has 8 nitrogen and oxygen atoms in total. The number of thiazole rings is 1. The zero-order chi connectivity index (χ0) is 24.0. The molecule has 3 rings (SSSR count). The second kappa shape index (κ2) is 10.8. The van der Waals surface area contributed by atoms with E-state index in [1.54, 1.807) is 63.1 Å². The number of ether oxygens (including phenoxy) is 1. The van der Waals surface area contributed by atoms with Gasteiger partial charge in [-0.3, -0.25) is 10.1 Å². The fourth-order valence-corrected chi connectivity index (χ4v) is 4.45. The molecule has 0 aliphatic heterocycles. The van der Waals surface area contributed by atoms with Crippen LogP contribution < -0.4 is 10.6 Å². The van der Waals surface area contributed by atoms with Crippen LogP contribution in [0.4, 0.5) is 15.6 Å². The van der Waals surface area contributed by atoms with Gasteiger partial charge in [-0.15, -0.1) is 11.8 Å². The zero-order valence-electron chi connectivity index (χ0n) is 19.3. The van der Waals surface area contributed by atoms with Crippen molar-refractivity contribution in [1.29, 1.82) is 0 Å². The molecule has 2 aromatic heterocycles. The normalized spacial score (nSPS) is 11.5. The topological polar surface area (TPSA) is 106 Å². The lowest BCUT2D eigenvalue weighted by molar-refractivity contribution is -0.115. The number of carbonyl (C=O) groups is 2. The minimum Gasteiger partial charge on any atom is -0.445 e. The van der Waals surface area contributed by atoms with Crippen LogP contribution >= 0.6 is 23.1 Å². The molecule has 0 spiro atoms. The van der Waals surface area contributed by atoms with E-state index < -0.39 is 11.7 Å². The third kappa shape index (κ3) is 8.21. The van der Waals surface area contributed by atoms with Crippen LogP contribution in [0, 0.1) is 0 Å². The number of hydrogen-bond donors (Lipinski definition) is 2. The number of nitrogens with zero attached hydrogens (tertiary/aromatic N) is 2. The van der Waals surface area contributed by atoms with Gasteiger partial charge in [0.05, 0.1) is 28.8 Å². The van der Waals surface area contributed by atoms with Crippen LogP contribution in [-0.4, -0.2) is 27.6 Å². The maximum atomic E-state index is 12.5. The number of oxazole rings is 1. The lowest BCUT2D eigenvalue weighted by Crippen LogP contribution is -2.27. The Kier molecular flexibility index (Phi) is 8.15. The molecule has 0 saturated heterocycles. The zero-order valence-corrected chi connectivity index (χ0v) is 20.9. The average molecular weight is 489 g/mol. The highest BCUT2D eigenvalue weighted by molar-refractivity contribution is 8.00. The SMILES string of the molecule is CC(C)c1cnc(CSc2cnc(NC(=O)Cc3cccc(NC(=O)OC(C)(C)C)c3)s2)o1. The first kappa shape index (κ1) is 24.8. The quantitative estimate of drug-likeness (QED) is 0.370. The summed E-state index contributed by atoms with van der Waals surface area (Å²) in [6.45, 7) is 9.51. The van der Waals surface area contributed by atoms with Crippen LogP contribution in [0.15, 0.2) is 45.3 Å². The van der Waals surface area contributed by atoms with E-state index in [0.29, 0.717) is 28.4 Å². The van der Waals surface area contributed by atoms with E-state index in [1.165, 1.54) is 11.3 Å². The van der Waals surface area contributed by atoms with Gasteiger partial charge in [0, 0.05) is 11.6 Å². The van der Waals surface area contributed by atoms with Crippen LogP contribution in [0.25, 0.3) is 0 Å². The van der Waals surface area contributed by atoms with E-state index in [1.807, 2.05) is 6.07 Å². The van der Waals surface area contributed by atoms with E-state index in [9.17, 15) is 9.59 Å². The number of thioether (sulfide) groups is 1. The molecule has 2 amide bonds. The summed E-state index contributed by atoms with van der Waals surface area (Å²) in [6, 6.07) is 7.09. The molecule has 176 valence electrons. The van der Waals surface area contributed by atoms with E-state index in [4.69, 9.17) is 9.15 Å². The fourth-order valence-electron chi connectivity index (χ4n) is 2.70. The summed E-state index contributed by atoms with van der Waals surface area (Å²) in [5.41, 5.74) is 0.740. The summed E-state index contributed by atoms with van der Waals surface area (Å²) < 4.78 is 11.9. The highest BCUT2D eigenvalue weighted by Crippen LogP contribution is 2.31. The standard InChI is InChI=1S/C23H28N4O4S2/c1-14(2)17-11-24-19(30-17)13-32-20-12-25-21(33-20)27-18(28)10-15-7-6-8-16(9-15)26-22(29)31-23(3,4)5/h6-9,11-12,14H,10,13H2,1-5H3,(H,26,29)(H,25,27,28). The van der Waals surface area contributed by atoms with Gasteiger partial charge in [0.15, 0.2) is 5.13 Å². The van der Waals surface area contributed by atoms with Crippen molar-refractivity contribution >= 4 is 45.9 Å². The second-order valence-electron chi connectivity index (χ2n) is 8.64. The molecule has 3 aromatic rings. The molecular formula is C23H28N4O4S2. The Labute approximate surface area is 201 Å². The number of anilines is 2.